The standard InChI is InChI=1S/C6H14N2O4/c7-1-2-3(9)4(10)5(11)6(8)12-2/h2-6,9-11H,1,7-8H2/t2-,3-,4+,5-,6-/m1/s1. The van der Waals surface area contributed by atoms with E-state index >= 15 is 0 Å². The van der Waals surface area contributed by atoms with Crippen LogP contribution in [0.1, 0.15) is 0 Å². The minimum Gasteiger partial charge on any atom is -0.388 e. The largest absolute Gasteiger partial charge is 0.388 e. The van der Waals surface area contributed by atoms with Gasteiger partial charge in [0.05, 0.1) is 0 Å². The van der Waals surface area contributed by atoms with E-state index in [4.69, 9.17) is 21.3 Å². The Balaban J connectivity index is 2.63. The monoisotopic (exact) mass is 178 g/mol. The van der Waals surface area contributed by atoms with E-state index in [0.29, 0.717) is 0 Å². The molecule has 72 valence electrons. The average Bonchev–Trinajstić information content (AvgIpc) is 2.08. The molecule has 1 aliphatic heterocycles. The second kappa shape index (κ2) is 3.65. The highest BCUT2D eigenvalue weighted by atomic mass is 16.5. The minimum atomic E-state index is -1.29. The molecule has 0 aromatic carbocycles. The van der Waals surface area contributed by atoms with Crippen molar-refractivity contribution < 1.29 is 20.1 Å². The normalized spacial score (nSPS) is 49.2. The minimum absolute atomic E-state index is 0.0542. The van der Waals surface area contributed by atoms with E-state index in [2.05, 4.69) is 0 Å². The first kappa shape index (κ1) is 9.85. The summed E-state index contributed by atoms with van der Waals surface area (Å²) in [6.45, 7) is 0.0542. The molecule has 0 saturated carbocycles. The predicted octanol–water partition coefficient (Wildman–Crippen LogP) is -3.29. The third kappa shape index (κ3) is 1.58. The number of aliphatic hydroxyl groups is 3. The van der Waals surface area contributed by atoms with Gasteiger partial charge in [0.1, 0.15) is 30.6 Å². The molecule has 1 fully saturated rings. The maximum Gasteiger partial charge on any atom is 0.135 e. The van der Waals surface area contributed by atoms with Crippen LogP contribution in [-0.4, -0.2) is 52.5 Å². The van der Waals surface area contributed by atoms with Crippen molar-refractivity contribution in [1.29, 1.82) is 0 Å². The van der Waals surface area contributed by atoms with E-state index in [0.717, 1.165) is 0 Å². The van der Waals surface area contributed by atoms with Gasteiger partial charge in [0.25, 0.3) is 0 Å². The van der Waals surface area contributed by atoms with Crippen LogP contribution in [0.15, 0.2) is 0 Å². The Hall–Kier alpha value is -0.240. The second-order valence-corrected chi connectivity index (χ2v) is 2.85. The van der Waals surface area contributed by atoms with E-state index in [-0.39, 0.29) is 6.54 Å². The van der Waals surface area contributed by atoms with Crippen molar-refractivity contribution in [2.75, 3.05) is 6.54 Å². The van der Waals surface area contributed by atoms with Gasteiger partial charge in [0.2, 0.25) is 0 Å². The molecule has 0 bridgehead atoms. The Morgan fingerprint density at radius 3 is 2.17 bits per heavy atom. The lowest BCUT2D eigenvalue weighted by molar-refractivity contribution is -0.217. The fourth-order valence-corrected chi connectivity index (χ4v) is 1.17. The van der Waals surface area contributed by atoms with E-state index in [1.807, 2.05) is 0 Å². The molecule has 5 atom stereocenters. The van der Waals surface area contributed by atoms with Crippen LogP contribution in [0, 0.1) is 0 Å². The number of ether oxygens (including phenoxy) is 1. The Labute approximate surface area is 69.7 Å². The first-order valence-corrected chi connectivity index (χ1v) is 3.73. The van der Waals surface area contributed by atoms with Crippen LogP contribution < -0.4 is 11.5 Å². The highest BCUT2D eigenvalue weighted by Gasteiger charge is 2.41. The SMILES string of the molecule is NC[C@H]1O[C@@H](N)[C@H](O)[C@@H](O)[C@@H]1O. The molecule has 6 heteroatoms. The smallest absolute Gasteiger partial charge is 0.135 e. The first-order valence-electron chi connectivity index (χ1n) is 3.73. The van der Waals surface area contributed by atoms with Gasteiger partial charge in [-0.2, -0.15) is 0 Å². The zero-order valence-corrected chi connectivity index (χ0v) is 6.50. The molecule has 1 aliphatic rings. The van der Waals surface area contributed by atoms with Crippen molar-refractivity contribution in [1.82, 2.24) is 0 Å². The molecule has 12 heavy (non-hydrogen) atoms. The van der Waals surface area contributed by atoms with Crippen LogP contribution in [0.3, 0.4) is 0 Å². The Bertz CT molecular complexity index is 152. The molecule has 1 heterocycles. The molecule has 0 amide bonds. The summed E-state index contributed by atoms with van der Waals surface area (Å²) in [4.78, 5) is 0. The number of nitrogens with two attached hydrogens (primary N) is 2. The molecule has 0 spiro atoms. The summed E-state index contributed by atoms with van der Waals surface area (Å²) in [5, 5.41) is 27.6. The predicted molar refractivity (Wildman–Crippen MR) is 39.9 cm³/mol. The lowest BCUT2D eigenvalue weighted by atomic mass is 9.98. The van der Waals surface area contributed by atoms with Crippen molar-refractivity contribution in [2.24, 2.45) is 11.5 Å². The average molecular weight is 178 g/mol. The van der Waals surface area contributed by atoms with Crippen LogP contribution in [0.5, 0.6) is 0 Å². The maximum atomic E-state index is 9.26. The third-order valence-electron chi connectivity index (χ3n) is 1.98. The Morgan fingerprint density at radius 2 is 1.67 bits per heavy atom. The summed E-state index contributed by atoms with van der Waals surface area (Å²) < 4.78 is 4.92. The molecule has 1 saturated heterocycles. The van der Waals surface area contributed by atoms with Crippen LogP contribution in [0.4, 0.5) is 0 Å². The summed E-state index contributed by atoms with van der Waals surface area (Å²) in [6, 6.07) is 0. The van der Waals surface area contributed by atoms with Crippen molar-refractivity contribution in [3.8, 4) is 0 Å². The van der Waals surface area contributed by atoms with Gasteiger partial charge in [-0.1, -0.05) is 0 Å². The van der Waals surface area contributed by atoms with Crippen LogP contribution in [0.2, 0.25) is 0 Å². The third-order valence-corrected chi connectivity index (χ3v) is 1.98. The molecule has 6 nitrogen and oxygen atoms in total. The van der Waals surface area contributed by atoms with E-state index < -0.39 is 30.6 Å². The first-order chi connectivity index (χ1) is 5.57. The topological polar surface area (TPSA) is 122 Å². The van der Waals surface area contributed by atoms with Gasteiger partial charge in [-0.25, -0.2) is 0 Å². The van der Waals surface area contributed by atoms with Gasteiger partial charge in [-0.15, -0.1) is 0 Å². The van der Waals surface area contributed by atoms with Crippen LogP contribution in [-0.2, 0) is 4.74 Å². The number of hydrogen-bond donors (Lipinski definition) is 5. The summed E-state index contributed by atoms with van der Waals surface area (Å²) in [6.07, 6.45) is -5.43. The van der Waals surface area contributed by atoms with Crippen molar-refractivity contribution in [3.05, 3.63) is 0 Å². The van der Waals surface area contributed by atoms with Crippen LogP contribution in [0.25, 0.3) is 0 Å². The number of rotatable bonds is 1. The molecule has 0 aliphatic carbocycles. The molecule has 0 aromatic heterocycles. The van der Waals surface area contributed by atoms with Crippen LogP contribution >= 0.6 is 0 Å². The molecular weight excluding hydrogens is 164 g/mol. The van der Waals surface area contributed by atoms with Gasteiger partial charge in [0, 0.05) is 6.54 Å². The summed E-state index contributed by atoms with van der Waals surface area (Å²) in [5.74, 6) is 0. The second-order valence-electron chi connectivity index (χ2n) is 2.85. The summed E-state index contributed by atoms with van der Waals surface area (Å²) in [7, 11) is 0. The van der Waals surface area contributed by atoms with Gasteiger partial charge in [0.15, 0.2) is 0 Å². The van der Waals surface area contributed by atoms with Gasteiger partial charge >= 0.3 is 0 Å². The zero-order chi connectivity index (χ0) is 9.30. The van der Waals surface area contributed by atoms with E-state index in [9.17, 15) is 10.2 Å². The highest BCUT2D eigenvalue weighted by molar-refractivity contribution is 4.90. The Kier molecular flexibility index (Phi) is 2.99. The molecule has 7 N–H and O–H groups in total. The highest BCUT2D eigenvalue weighted by Crippen LogP contribution is 2.17. The summed E-state index contributed by atoms with van der Waals surface area (Å²) in [5.41, 5.74) is 10.5. The van der Waals surface area contributed by atoms with Gasteiger partial charge in [-0.3, -0.25) is 0 Å². The molecule has 0 aromatic rings. The quantitative estimate of drug-likeness (QED) is 0.287. The maximum absolute atomic E-state index is 9.26. The number of aliphatic hydroxyl groups excluding tert-OH is 3. The zero-order valence-electron chi connectivity index (χ0n) is 6.50. The van der Waals surface area contributed by atoms with Crippen molar-refractivity contribution in [2.45, 2.75) is 30.6 Å². The lowest BCUT2D eigenvalue weighted by Crippen LogP contribution is -2.61. The number of hydrogen-bond acceptors (Lipinski definition) is 6. The van der Waals surface area contributed by atoms with E-state index in [1.54, 1.807) is 0 Å². The fourth-order valence-electron chi connectivity index (χ4n) is 1.17. The van der Waals surface area contributed by atoms with Gasteiger partial charge < -0.3 is 31.5 Å². The Morgan fingerprint density at radius 1 is 1.08 bits per heavy atom. The molecule has 0 radical (unpaired) electrons. The lowest BCUT2D eigenvalue weighted by Gasteiger charge is -2.38. The van der Waals surface area contributed by atoms with Gasteiger partial charge in [-0.05, 0) is 0 Å². The van der Waals surface area contributed by atoms with Crippen molar-refractivity contribution >= 4 is 0 Å². The molecule has 0 unspecified atom stereocenters. The summed E-state index contributed by atoms with van der Waals surface area (Å²) >= 11 is 0. The van der Waals surface area contributed by atoms with Crippen molar-refractivity contribution in [3.63, 3.8) is 0 Å². The molecule has 1 rings (SSSR count). The van der Waals surface area contributed by atoms with E-state index in [1.165, 1.54) is 0 Å². The molecular formula is C6H14N2O4. The fraction of sp³-hybridized carbons (Fsp3) is 1.00.